The minimum atomic E-state index is -4.72. The van der Waals surface area contributed by atoms with Crippen LogP contribution >= 0.6 is 0 Å². The van der Waals surface area contributed by atoms with Crippen molar-refractivity contribution >= 4 is 5.91 Å². The van der Waals surface area contributed by atoms with E-state index in [0.717, 1.165) is 38.2 Å². The SMILES string of the molecule is O=C(NCCCN1CCCCC1)c1ccc(OC(F)(F)F)cc1. The molecule has 1 amide bonds. The molecule has 0 spiro atoms. The molecule has 2 rings (SSSR count). The van der Waals surface area contributed by atoms with Crippen LogP contribution in [0.4, 0.5) is 13.2 Å². The topological polar surface area (TPSA) is 41.6 Å². The molecule has 1 N–H and O–H groups in total. The minimum absolute atomic E-state index is 0.290. The molecule has 1 aliphatic rings. The van der Waals surface area contributed by atoms with Gasteiger partial charge in [-0.05, 0) is 63.2 Å². The minimum Gasteiger partial charge on any atom is -0.406 e. The average Bonchev–Trinajstić information content (AvgIpc) is 2.51. The zero-order valence-electron chi connectivity index (χ0n) is 12.9. The Hall–Kier alpha value is -1.76. The zero-order valence-corrected chi connectivity index (χ0v) is 12.9. The number of amides is 1. The van der Waals surface area contributed by atoms with Crippen molar-refractivity contribution in [3.05, 3.63) is 29.8 Å². The van der Waals surface area contributed by atoms with Gasteiger partial charge in [-0.15, -0.1) is 13.2 Å². The Morgan fingerprint density at radius 2 is 1.78 bits per heavy atom. The van der Waals surface area contributed by atoms with E-state index < -0.39 is 6.36 Å². The number of ether oxygens (including phenoxy) is 1. The maximum absolute atomic E-state index is 12.1. The van der Waals surface area contributed by atoms with Crippen molar-refractivity contribution in [1.29, 1.82) is 0 Å². The Morgan fingerprint density at radius 1 is 1.13 bits per heavy atom. The zero-order chi connectivity index (χ0) is 16.7. The van der Waals surface area contributed by atoms with Gasteiger partial charge in [0.05, 0.1) is 0 Å². The van der Waals surface area contributed by atoms with Crippen LogP contribution in [-0.4, -0.2) is 43.3 Å². The van der Waals surface area contributed by atoms with Crippen LogP contribution in [0.5, 0.6) is 5.75 Å². The van der Waals surface area contributed by atoms with Gasteiger partial charge in [-0.1, -0.05) is 6.42 Å². The van der Waals surface area contributed by atoms with Gasteiger partial charge in [0.1, 0.15) is 5.75 Å². The number of carbonyl (C=O) groups excluding carboxylic acids is 1. The average molecular weight is 330 g/mol. The van der Waals surface area contributed by atoms with Gasteiger partial charge in [0.25, 0.3) is 5.91 Å². The van der Waals surface area contributed by atoms with Gasteiger partial charge in [0, 0.05) is 12.1 Å². The highest BCUT2D eigenvalue weighted by Crippen LogP contribution is 2.22. The van der Waals surface area contributed by atoms with Gasteiger partial charge >= 0.3 is 6.36 Å². The fourth-order valence-electron chi connectivity index (χ4n) is 2.60. The molecule has 4 nitrogen and oxygen atoms in total. The fourth-order valence-corrected chi connectivity index (χ4v) is 2.60. The first-order valence-corrected chi connectivity index (χ1v) is 7.80. The van der Waals surface area contributed by atoms with Crippen molar-refractivity contribution in [2.75, 3.05) is 26.2 Å². The Kier molecular flexibility index (Phi) is 6.27. The van der Waals surface area contributed by atoms with E-state index in [4.69, 9.17) is 0 Å². The number of alkyl halides is 3. The molecule has 0 atom stereocenters. The third-order valence-corrected chi connectivity index (χ3v) is 3.74. The van der Waals surface area contributed by atoms with Gasteiger partial charge in [-0.3, -0.25) is 4.79 Å². The molecule has 0 radical (unpaired) electrons. The first-order valence-electron chi connectivity index (χ1n) is 7.80. The van der Waals surface area contributed by atoms with E-state index in [-0.39, 0.29) is 11.7 Å². The highest BCUT2D eigenvalue weighted by atomic mass is 19.4. The van der Waals surface area contributed by atoms with Gasteiger partial charge in [0.15, 0.2) is 0 Å². The predicted molar refractivity (Wildman–Crippen MR) is 80.4 cm³/mol. The summed E-state index contributed by atoms with van der Waals surface area (Å²) in [6.45, 7) is 3.75. The molecular weight excluding hydrogens is 309 g/mol. The van der Waals surface area contributed by atoms with E-state index in [2.05, 4.69) is 15.0 Å². The summed E-state index contributed by atoms with van der Waals surface area (Å²) in [6, 6.07) is 4.91. The maximum atomic E-state index is 12.1. The van der Waals surface area contributed by atoms with Crippen LogP contribution in [-0.2, 0) is 0 Å². The second-order valence-corrected chi connectivity index (χ2v) is 5.58. The summed E-state index contributed by atoms with van der Waals surface area (Å²) in [5, 5.41) is 2.78. The lowest BCUT2D eigenvalue weighted by atomic mass is 10.1. The summed E-state index contributed by atoms with van der Waals surface area (Å²) >= 11 is 0. The van der Waals surface area contributed by atoms with E-state index in [1.165, 1.54) is 31.4 Å². The Labute approximate surface area is 133 Å². The number of nitrogens with zero attached hydrogens (tertiary/aromatic N) is 1. The summed E-state index contributed by atoms with van der Waals surface area (Å²) in [5.41, 5.74) is 0.317. The smallest absolute Gasteiger partial charge is 0.406 e. The van der Waals surface area contributed by atoms with Crippen molar-refractivity contribution in [3.8, 4) is 5.75 Å². The van der Waals surface area contributed by atoms with E-state index in [1.54, 1.807) is 0 Å². The van der Waals surface area contributed by atoms with Crippen molar-refractivity contribution in [1.82, 2.24) is 10.2 Å². The fraction of sp³-hybridized carbons (Fsp3) is 0.562. The van der Waals surface area contributed by atoms with E-state index in [0.29, 0.717) is 12.1 Å². The van der Waals surface area contributed by atoms with Crippen molar-refractivity contribution < 1.29 is 22.7 Å². The van der Waals surface area contributed by atoms with Crippen LogP contribution in [0.25, 0.3) is 0 Å². The molecule has 1 saturated heterocycles. The van der Waals surface area contributed by atoms with Crippen molar-refractivity contribution in [2.24, 2.45) is 0 Å². The molecule has 0 saturated carbocycles. The summed E-state index contributed by atoms with van der Waals surface area (Å²) in [5.74, 6) is -0.624. The highest BCUT2D eigenvalue weighted by molar-refractivity contribution is 5.94. The third kappa shape index (κ3) is 6.48. The van der Waals surface area contributed by atoms with Crippen LogP contribution in [0.2, 0.25) is 0 Å². The molecule has 1 aliphatic heterocycles. The maximum Gasteiger partial charge on any atom is 0.573 e. The highest BCUT2D eigenvalue weighted by Gasteiger charge is 2.31. The van der Waals surface area contributed by atoms with Gasteiger partial charge in [-0.2, -0.15) is 0 Å². The van der Waals surface area contributed by atoms with Crippen LogP contribution in [0, 0.1) is 0 Å². The van der Waals surface area contributed by atoms with Crippen LogP contribution in [0.15, 0.2) is 24.3 Å². The lowest BCUT2D eigenvalue weighted by molar-refractivity contribution is -0.274. The largest absolute Gasteiger partial charge is 0.573 e. The summed E-state index contributed by atoms with van der Waals surface area (Å²) in [6.07, 6.45) is -0.0993. The van der Waals surface area contributed by atoms with Crippen molar-refractivity contribution in [2.45, 2.75) is 32.0 Å². The van der Waals surface area contributed by atoms with E-state index in [9.17, 15) is 18.0 Å². The normalized spacial score (nSPS) is 16.1. The van der Waals surface area contributed by atoms with Crippen LogP contribution in [0.1, 0.15) is 36.0 Å². The number of nitrogens with one attached hydrogen (secondary N) is 1. The standard InChI is InChI=1S/C16H21F3N2O2/c17-16(18,19)23-14-7-5-13(6-8-14)15(22)20-9-4-12-21-10-2-1-3-11-21/h5-8H,1-4,9-12H2,(H,20,22). The first-order chi connectivity index (χ1) is 10.9. The van der Waals surface area contributed by atoms with Gasteiger partial charge < -0.3 is 15.0 Å². The van der Waals surface area contributed by atoms with E-state index >= 15 is 0 Å². The Balaban J connectivity index is 1.70. The Morgan fingerprint density at radius 3 is 2.39 bits per heavy atom. The lowest BCUT2D eigenvalue weighted by Gasteiger charge is -2.26. The van der Waals surface area contributed by atoms with Crippen LogP contribution in [0.3, 0.4) is 0 Å². The van der Waals surface area contributed by atoms with Crippen LogP contribution < -0.4 is 10.1 Å². The molecule has 1 fully saturated rings. The number of hydrogen-bond acceptors (Lipinski definition) is 3. The number of rotatable bonds is 6. The number of hydrogen-bond donors (Lipinski definition) is 1. The summed E-state index contributed by atoms with van der Waals surface area (Å²) < 4.78 is 39.9. The third-order valence-electron chi connectivity index (χ3n) is 3.74. The van der Waals surface area contributed by atoms with Gasteiger partial charge in [-0.25, -0.2) is 0 Å². The van der Waals surface area contributed by atoms with Crippen molar-refractivity contribution in [3.63, 3.8) is 0 Å². The summed E-state index contributed by atoms with van der Waals surface area (Å²) in [4.78, 5) is 14.3. The quantitative estimate of drug-likeness (QED) is 0.815. The second-order valence-electron chi connectivity index (χ2n) is 5.58. The molecule has 1 aromatic carbocycles. The molecule has 0 aromatic heterocycles. The molecule has 1 aromatic rings. The first kappa shape index (κ1) is 17.6. The summed E-state index contributed by atoms with van der Waals surface area (Å²) in [7, 11) is 0. The predicted octanol–water partition coefficient (Wildman–Crippen LogP) is 3.19. The number of piperidine rings is 1. The second kappa shape index (κ2) is 8.19. The molecule has 1 heterocycles. The number of likely N-dealkylation sites (tertiary alicyclic amines) is 1. The molecule has 128 valence electrons. The molecule has 0 unspecified atom stereocenters. The Bertz CT molecular complexity index is 497. The number of benzene rings is 1. The number of halogens is 3. The van der Waals surface area contributed by atoms with Gasteiger partial charge in [0.2, 0.25) is 0 Å². The lowest BCUT2D eigenvalue weighted by Crippen LogP contribution is -2.33. The monoisotopic (exact) mass is 330 g/mol. The van der Waals surface area contributed by atoms with E-state index in [1.807, 2.05) is 0 Å². The molecular formula is C16H21F3N2O2. The number of carbonyl (C=O) groups is 1. The molecule has 0 aliphatic carbocycles. The molecule has 0 bridgehead atoms. The molecule has 7 heteroatoms. The molecule has 23 heavy (non-hydrogen) atoms.